The molecule has 0 heterocycles. The van der Waals surface area contributed by atoms with Crippen molar-refractivity contribution in [3.05, 3.63) is 29.6 Å². The zero-order valence-corrected chi connectivity index (χ0v) is 13.4. The normalized spacial score (nSPS) is 12.6. The van der Waals surface area contributed by atoms with Crippen molar-refractivity contribution >= 4 is 17.5 Å². The lowest BCUT2D eigenvalue weighted by atomic mass is 9.87. The van der Waals surface area contributed by atoms with E-state index >= 15 is 0 Å². The summed E-state index contributed by atoms with van der Waals surface area (Å²) in [5, 5.41) is 14.1. The molecule has 1 aromatic carbocycles. The maximum Gasteiger partial charge on any atom is 0.313 e. The first-order valence-electron chi connectivity index (χ1n) is 7.14. The van der Waals surface area contributed by atoms with Gasteiger partial charge in [0.2, 0.25) is 0 Å². The second kappa shape index (κ2) is 7.35. The average Bonchev–Trinajstić information content (AvgIpc) is 2.38. The van der Waals surface area contributed by atoms with Crippen LogP contribution in [-0.4, -0.2) is 29.6 Å². The predicted molar refractivity (Wildman–Crippen MR) is 82.9 cm³/mol. The van der Waals surface area contributed by atoms with E-state index in [2.05, 4.69) is 10.6 Å². The van der Waals surface area contributed by atoms with Crippen LogP contribution in [0.25, 0.3) is 0 Å². The summed E-state index contributed by atoms with van der Waals surface area (Å²) in [7, 11) is 0. The van der Waals surface area contributed by atoms with E-state index in [9.17, 15) is 19.1 Å². The predicted octanol–water partition coefficient (Wildman–Crippen LogP) is 1.99. The van der Waals surface area contributed by atoms with Crippen LogP contribution < -0.4 is 10.6 Å². The van der Waals surface area contributed by atoms with Crippen LogP contribution in [0.1, 0.15) is 32.8 Å². The molecule has 3 N–H and O–H groups in total. The number of amides is 2. The first-order chi connectivity index (χ1) is 10.1. The Balaban J connectivity index is 2.59. The molecule has 22 heavy (non-hydrogen) atoms. The third kappa shape index (κ3) is 5.81. The molecule has 0 aliphatic heterocycles. The van der Waals surface area contributed by atoms with E-state index < -0.39 is 23.7 Å². The number of aliphatic hydroxyl groups excluding tert-OH is 1. The molecule has 6 heteroatoms. The van der Waals surface area contributed by atoms with Crippen LogP contribution in [0.3, 0.4) is 0 Å². The Bertz CT molecular complexity index is 556. The fraction of sp³-hybridized carbons (Fsp3) is 0.500. The largest absolute Gasteiger partial charge is 0.393 e. The monoisotopic (exact) mass is 310 g/mol. The van der Waals surface area contributed by atoms with Crippen molar-refractivity contribution in [1.82, 2.24) is 5.32 Å². The summed E-state index contributed by atoms with van der Waals surface area (Å²) < 4.78 is 13.5. The zero-order chi connectivity index (χ0) is 16.9. The van der Waals surface area contributed by atoms with Crippen molar-refractivity contribution in [3.63, 3.8) is 0 Å². The highest BCUT2D eigenvalue weighted by molar-refractivity contribution is 6.39. The number of halogens is 1. The van der Waals surface area contributed by atoms with Gasteiger partial charge in [-0.3, -0.25) is 9.59 Å². The Morgan fingerprint density at radius 3 is 2.55 bits per heavy atom. The SMILES string of the molecule is Cc1ccc(F)c(NC(=O)C(=O)NCC(C)(C)CC(C)O)c1. The Morgan fingerprint density at radius 2 is 1.95 bits per heavy atom. The topological polar surface area (TPSA) is 78.4 Å². The van der Waals surface area contributed by atoms with Gasteiger partial charge >= 0.3 is 11.8 Å². The number of hydrogen-bond donors (Lipinski definition) is 3. The van der Waals surface area contributed by atoms with Crippen LogP contribution in [0.2, 0.25) is 0 Å². The molecule has 1 atom stereocenters. The minimum atomic E-state index is -0.919. The van der Waals surface area contributed by atoms with Gasteiger partial charge < -0.3 is 15.7 Å². The summed E-state index contributed by atoms with van der Waals surface area (Å²) in [6, 6.07) is 4.26. The van der Waals surface area contributed by atoms with Crippen LogP contribution in [0.5, 0.6) is 0 Å². The number of nitrogens with one attached hydrogen (secondary N) is 2. The molecule has 0 bridgehead atoms. The fourth-order valence-corrected chi connectivity index (χ4v) is 2.19. The summed E-state index contributed by atoms with van der Waals surface area (Å²) in [5.41, 5.74) is 0.400. The Kier molecular flexibility index (Phi) is 6.05. The van der Waals surface area contributed by atoms with Gasteiger partial charge in [-0.25, -0.2) is 4.39 Å². The quantitative estimate of drug-likeness (QED) is 0.728. The fourth-order valence-electron chi connectivity index (χ4n) is 2.19. The third-order valence-corrected chi connectivity index (χ3v) is 3.15. The van der Waals surface area contributed by atoms with Gasteiger partial charge in [-0.05, 0) is 43.4 Å². The molecular formula is C16H23FN2O3. The maximum atomic E-state index is 13.5. The summed E-state index contributed by atoms with van der Waals surface area (Å²) >= 11 is 0. The standard InChI is InChI=1S/C16H23FN2O3/c1-10-5-6-12(17)13(7-10)19-15(22)14(21)18-9-16(3,4)8-11(2)20/h5-7,11,20H,8-9H2,1-4H3,(H,18,21)(H,19,22). The minimum Gasteiger partial charge on any atom is -0.393 e. The molecular weight excluding hydrogens is 287 g/mol. The highest BCUT2D eigenvalue weighted by atomic mass is 19.1. The van der Waals surface area contributed by atoms with Gasteiger partial charge in [-0.15, -0.1) is 0 Å². The summed E-state index contributed by atoms with van der Waals surface area (Å²) in [4.78, 5) is 23.5. The Morgan fingerprint density at radius 1 is 1.32 bits per heavy atom. The average molecular weight is 310 g/mol. The van der Waals surface area contributed by atoms with Gasteiger partial charge in [0.05, 0.1) is 11.8 Å². The van der Waals surface area contributed by atoms with Gasteiger partial charge in [0.1, 0.15) is 5.82 Å². The number of carbonyl (C=O) groups is 2. The second-order valence-electron chi connectivity index (χ2n) is 6.34. The van der Waals surface area contributed by atoms with E-state index in [4.69, 9.17) is 0 Å². The van der Waals surface area contributed by atoms with Crippen molar-refractivity contribution in [3.8, 4) is 0 Å². The lowest BCUT2D eigenvalue weighted by Gasteiger charge is -2.26. The first kappa shape index (κ1) is 18.1. The first-order valence-corrected chi connectivity index (χ1v) is 7.14. The zero-order valence-electron chi connectivity index (χ0n) is 13.4. The lowest BCUT2D eigenvalue weighted by molar-refractivity contribution is -0.136. The number of hydrogen-bond acceptors (Lipinski definition) is 3. The maximum absolute atomic E-state index is 13.5. The van der Waals surface area contributed by atoms with Gasteiger partial charge in [0.25, 0.3) is 0 Å². The molecule has 2 amide bonds. The second-order valence-corrected chi connectivity index (χ2v) is 6.34. The van der Waals surface area contributed by atoms with Gasteiger partial charge in [-0.1, -0.05) is 19.9 Å². The van der Waals surface area contributed by atoms with Crippen molar-refractivity contribution in [1.29, 1.82) is 0 Å². The molecule has 0 aliphatic rings. The molecule has 0 spiro atoms. The van der Waals surface area contributed by atoms with E-state index in [0.717, 1.165) is 5.56 Å². The molecule has 0 fully saturated rings. The number of aryl methyl sites for hydroxylation is 1. The number of carbonyl (C=O) groups excluding carboxylic acids is 2. The highest BCUT2D eigenvalue weighted by Crippen LogP contribution is 2.21. The van der Waals surface area contributed by atoms with Crippen LogP contribution in [0, 0.1) is 18.2 Å². The van der Waals surface area contributed by atoms with Crippen LogP contribution in [0.15, 0.2) is 18.2 Å². The van der Waals surface area contributed by atoms with E-state index in [1.165, 1.54) is 12.1 Å². The molecule has 0 aliphatic carbocycles. The highest BCUT2D eigenvalue weighted by Gasteiger charge is 2.23. The minimum absolute atomic E-state index is 0.0246. The van der Waals surface area contributed by atoms with Gasteiger partial charge in [-0.2, -0.15) is 0 Å². The van der Waals surface area contributed by atoms with Gasteiger partial charge in [0, 0.05) is 6.54 Å². The number of benzene rings is 1. The van der Waals surface area contributed by atoms with Crippen LogP contribution in [-0.2, 0) is 9.59 Å². The number of rotatable bonds is 5. The molecule has 1 rings (SSSR count). The Hall–Kier alpha value is -1.95. The van der Waals surface area contributed by atoms with Crippen molar-refractivity contribution in [2.24, 2.45) is 5.41 Å². The van der Waals surface area contributed by atoms with Crippen LogP contribution >= 0.6 is 0 Å². The molecule has 122 valence electrons. The summed E-state index contributed by atoms with van der Waals surface area (Å²) in [6.45, 7) is 7.40. The molecule has 5 nitrogen and oxygen atoms in total. The van der Waals surface area contributed by atoms with Crippen molar-refractivity contribution in [2.75, 3.05) is 11.9 Å². The third-order valence-electron chi connectivity index (χ3n) is 3.15. The van der Waals surface area contributed by atoms with Gasteiger partial charge in [0.15, 0.2) is 0 Å². The van der Waals surface area contributed by atoms with E-state index in [1.807, 2.05) is 13.8 Å². The van der Waals surface area contributed by atoms with E-state index in [-0.39, 0.29) is 17.6 Å². The van der Waals surface area contributed by atoms with E-state index in [0.29, 0.717) is 6.42 Å². The number of anilines is 1. The molecule has 1 unspecified atom stereocenters. The number of aliphatic hydroxyl groups is 1. The van der Waals surface area contributed by atoms with E-state index in [1.54, 1.807) is 19.9 Å². The lowest BCUT2D eigenvalue weighted by Crippen LogP contribution is -2.41. The molecule has 0 saturated heterocycles. The molecule has 1 aromatic rings. The van der Waals surface area contributed by atoms with Crippen molar-refractivity contribution < 1.29 is 19.1 Å². The molecule has 0 saturated carbocycles. The Labute approximate surface area is 129 Å². The molecule has 0 radical (unpaired) electrons. The summed E-state index contributed by atoms with van der Waals surface area (Å²) in [5.74, 6) is -2.35. The smallest absolute Gasteiger partial charge is 0.313 e. The summed E-state index contributed by atoms with van der Waals surface area (Å²) in [6.07, 6.45) is -0.0105. The van der Waals surface area contributed by atoms with Crippen LogP contribution in [0.4, 0.5) is 10.1 Å². The van der Waals surface area contributed by atoms with Crippen molar-refractivity contribution in [2.45, 2.75) is 40.2 Å². The molecule has 0 aromatic heterocycles.